The fourth-order valence-corrected chi connectivity index (χ4v) is 4.47. The summed E-state index contributed by atoms with van der Waals surface area (Å²) < 4.78 is 1.75. The lowest BCUT2D eigenvalue weighted by molar-refractivity contribution is 0.0664. The summed E-state index contributed by atoms with van der Waals surface area (Å²) in [5, 5.41) is 8.33. The van der Waals surface area contributed by atoms with Crippen molar-refractivity contribution in [3.8, 4) is 0 Å². The van der Waals surface area contributed by atoms with Crippen LogP contribution in [0.3, 0.4) is 0 Å². The maximum atomic E-state index is 13.2. The summed E-state index contributed by atoms with van der Waals surface area (Å²) >= 11 is 0. The van der Waals surface area contributed by atoms with Gasteiger partial charge in [-0.2, -0.15) is 5.10 Å². The van der Waals surface area contributed by atoms with Crippen molar-refractivity contribution in [2.45, 2.75) is 32.2 Å². The first kappa shape index (κ1) is 21.6. The highest BCUT2D eigenvalue weighted by molar-refractivity contribution is 6.06. The zero-order valence-corrected chi connectivity index (χ0v) is 19.5. The number of nitrogens with zero attached hydrogens (tertiary/aromatic N) is 5. The molecule has 2 aromatic heterocycles. The van der Waals surface area contributed by atoms with E-state index in [1.54, 1.807) is 4.68 Å². The zero-order chi connectivity index (χ0) is 23.1. The molecular weight excluding hydrogens is 416 g/mol. The largest absolute Gasteiger partial charge is 0.348 e. The van der Waals surface area contributed by atoms with Gasteiger partial charge < -0.3 is 15.1 Å². The van der Waals surface area contributed by atoms with Crippen LogP contribution in [0.1, 0.15) is 56.4 Å². The third kappa shape index (κ3) is 4.35. The summed E-state index contributed by atoms with van der Waals surface area (Å²) in [6, 6.07) is 9.46. The number of hydrogen-bond donors (Lipinski definition) is 1. The van der Waals surface area contributed by atoms with Crippen LogP contribution < -0.4 is 5.32 Å². The van der Waals surface area contributed by atoms with Gasteiger partial charge in [-0.3, -0.25) is 14.3 Å². The molecule has 1 aliphatic heterocycles. The van der Waals surface area contributed by atoms with E-state index in [0.29, 0.717) is 23.6 Å². The summed E-state index contributed by atoms with van der Waals surface area (Å²) in [6.07, 6.45) is 2.24. The molecule has 0 bridgehead atoms. The molecule has 172 valence electrons. The van der Waals surface area contributed by atoms with Crippen LogP contribution >= 0.6 is 0 Å². The number of fused-ring (bicyclic) bond motifs is 1. The molecule has 0 radical (unpaired) electrons. The highest BCUT2D eigenvalue weighted by atomic mass is 16.2. The molecule has 2 amide bonds. The first-order valence-electron chi connectivity index (χ1n) is 11.6. The Morgan fingerprint density at radius 1 is 1.06 bits per heavy atom. The number of rotatable bonds is 5. The molecule has 0 unspecified atom stereocenters. The van der Waals surface area contributed by atoms with Crippen molar-refractivity contribution in [1.82, 2.24) is 29.9 Å². The number of nitrogens with one attached hydrogen (secondary N) is 1. The topological polar surface area (TPSA) is 83.4 Å². The number of carbonyl (C=O) groups excluding carboxylic acids is 2. The Hall–Kier alpha value is -3.26. The Balaban J connectivity index is 1.29. The van der Waals surface area contributed by atoms with Gasteiger partial charge in [-0.05, 0) is 50.6 Å². The number of aromatic nitrogens is 3. The molecule has 1 saturated carbocycles. The molecule has 3 heterocycles. The molecular formula is C25H30N6O2. The molecule has 5 rings (SSSR count). The van der Waals surface area contributed by atoms with Gasteiger partial charge in [-0.1, -0.05) is 12.1 Å². The maximum absolute atomic E-state index is 13.2. The van der Waals surface area contributed by atoms with Crippen LogP contribution in [0.4, 0.5) is 0 Å². The van der Waals surface area contributed by atoms with Crippen molar-refractivity contribution in [1.29, 1.82) is 0 Å². The van der Waals surface area contributed by atoms with E-state index in [0.717, 1.165) is 67.0 Å². The second-order valence-electron chi connectivity index (χ2n) is 9.25. The van der Waals surface area contributed by atoms with Gasteiger partial charge >= 0.3 is 0 Å². The number of pyridine rings is 1. The Labute approximate surface area is 193 Å². The normalized spacial score (nSPS) is 16.9. The minimum atomic E-state index is -0.127. The molecule has 8 heteroatoms. The average Bonchev–Trinajstić information content (AvgIpc) is 3.63. The standard InChI is InChI=1S/C25H30N6O2/c1-16-22-20(14-21(18-8-9-18)27-23(22)30(3)28-16)24(32)26-15-17-4-6-19(7-5-17)25(33)31-12-10-29(2)11-13-31/h4-7,14,18H,8-13,15H2,1-3H3,(H,26,32). The van der Waals surface area contributed by atoms with Crippen molar-refractivity contribution in [3.63, 3.8) is 0 Å². The van der Waals surface area contributed by atoms with Crippen molar-refractivity contribution in [2.24, 2.45) is 7.05 Å². The van der Waals surface area contributed by atoms with E-state index in [2.05, 4.69) is 22.4 Å². The fraction of sp³-hybridized carbons (Fsp3) is 0.440. The maximum Gasteiger partial charge on any atom is 0.253 e. The predicted molar refractivity (Wildman–Crippen MR) is 126 cm³/mol. The summed E-state index contributed by atoms with van der Waals surface area (Å²) in [7, 11) is 3.94. The van der Waals surface area contributed by atoms with Gasteiger partial charge in [0, 0.05) is 56.9 Å². The number of hydrogen-bond acceptors (Lipinski definition) is 5. The number of piperazine rings is 1. The van der Waals surface area contributed by atoms with E-state index < -0.39 is 0 Å². The van der Waals surface area contributed by atoms with Crippen LogP contribution in [0.2, 0.25) is 0 Å². The molecule has 0 spiro atoms. The quantitative estimate of drug-likeness (QED) is 0.651. The van der Waals surface area contributed by atoms with Crippen LogP contribution in [0.15, 0.2) is 30.3 Å². The first-order valence-corrected chi connectivity index (χ1v) is 11.6. The number of benzene rings is 1. The van der Waals surface area contributed by atoms with E-state index in [9.17, 15) is 9.59 Å². The molecule has 0 atom stereocenters. The van der Waals surface area contributed by atoms with E-state index in [4.69, 9.17) is 4.98 Å². The monoisotopic (exact) mass is 446 g/mol. The Morgan fingerprint density at radius 2 is 1.76 bits per heavy atom. The predicted octanol–water partition coefficient (Wildman–Crippen LogP) is 2.47. The second-order valence-corrected chi connectivity index (χ2v) is 9.25. The van der Waals surface area contributed by atoms with Gasteiger partial charge in [0.05, 0.1) is 16.6 Å². The van der Waals surface area contributed by atoms with Crippen LogP contribution in [-0.2, 0) is 13.6 Å². The third-order valence-electron chi connectivity index (χ3n) is 6.67. The number of carbonyl (C=O) groups is 2. The molecule has 3 aromatic rings. The Bertz CT molecular complexity index is 1200. The number of likely N-dealkylation sites (N-methyl/N-ethyl adjacent to an activating group) is 1. The SMILES string of the molecule is Cc1nn(C)c2nc(C3CC3)cc(C(=O)NCc3ccc(C(=O)N4CCN(C)CC4)cc3)c12. The highest BCUT2D eigenvalue weighted by Gasteiger charge is 2.28. The molecule has 8 nitrogen and oxygen atoms in total. The highest BCUT2D eigenvalue weighted by Crippen LogP contribution is 2.40. The number of aryl methyl sites for hydroxylation is 2. The van der Waals surface area contributed by atoms with Gasteiger partial charge in [-0.25, -0.2) is 4.98 Å². The lowest BCUT2D eigenvalue weighted by Crippen LogP contribution is -2.47. The summed E-state index contributed by atoms with van der Waals surface area (Å²) in [4.78, 5) is 34.8. The smallest absolute Gasteiger partial charge is 0.253 e. The minimum absolute atomic E-state index is 0.0671. The van der Waals surface area contributed by atoms with Crippen LogP contribution in [0, 0.1) is 6.92 Å². The van der Waals surface area contributed by atoms with E-state index in [1.807, 2.05) is 49.2 Å². The fourth-order valence-electron chi connectivity index (χ4n) is 4.47. The van der Waals surface area contributed by atoms with E-state index in [1.165, 1.54) is 0 Å². The van der Waals surface area contributed by atoms with Crippen molar-refractivity contribution >= 4 is 22.8 Å². The van der Waals surface area contributed by atoms with E-state index in [-0.39, 0.29) is 11.8 Å². The summed E-state index contributed by atoms with van der Waals surface area (Å²) in [5.41, 5.74) is 4.81. The van der Waals surface area contributed by atoms with Gasteiger partial charge in [0.2, 0.25) is 0 Å². The lowest BCUT2D eigenvalue weighted by atomic mass is 10.1. The Morgan fingerprint density at radius 3 is 2.42 bits per heavy atom. The second kappa shape index (κ2) is 8.59. The first-order chi connectivity index (χ1) is 15.9. The van der Waals surface area contributed by atoms with Crippen LogP contribution in [0.5, 0.6) is 0 Å². The minimum Gasteiger partial charge on any atom is -0.348 e. The van der Waals surface area contributed by atoms with E-state index >= 15 is 0 Å². The molecule has 33 heavy (non-hydrogen) atoms. The van der Waals surface area contributed by atoms with Crippen LogP contribution in [-0.4, -0.2) is 69.6 Å². The number of amides is 2. The molecule has 1 saturated heterocycles. The van der Waals surface area contributed by atoms with Crippen LogP contribution in [0.25, 0.3) is 11.0 Å². The Kier molecular flexibility index (Phi) is 5.62. The van der Waals surface area contributed by atoms with Crippen molar-refractivity contribution < 1.29 is 9.59 Å². The average molecular weight is 447 g/mol. The van der Waals surface area contributed by atoms with Gasteiger partial charge in [-0.15, -0.1) is 0 Å². The van der Waals surface area contributed by atoms with Gasteiger partial charge in [0.25, 0.3) is 11.8 Å². The molecule has 1 aliphatic carbocycles. The molecule has 2 fully saturated rings. The summed E-state index contributed by atoms with van der Waals surface area (Å²) in [6.45, 7) is 5.61. The van der Waals surface area contributed by atoms with Crippen molar-refractivity contribution in [2.75, 3.05) is 33.2 Å². The van der Waals surface area contributed by atoms with Crippen molar-refractivity contribution in [3.05, 3.63) is 58.4 Å². The summed E-state index contributed by atoms with van der Waals surface area (Å²) in [5.74, 6) is 0.386. The van der Waals surface area contributed by atoms with Gasteiger partial charge in [0.15, 0.2) is 5.65 Å². The molecule has 2 aliphatic rings. The molecule has 1 N–H and O–H groups in total. The van der Waals surface area contributed by atoms with Gasteiger partial charge in [0.1, 0.15) is 0 Å². The lowest BCUT2D eigenvalue weighted by Gasteiger charge is -2.32. The third-order valence-corrected chi connectivity index (χ3v) is 6.67. The zero-order valence-electron chi connectivity index (χ0n) is 19.5. The molecule has 1 aromatic carbocycles.